The Hall–Kier alpha value is -1.80. The molecule has 0 amide bonds. The number of para-hydroxylation sites is 1. The molecule has 0 saturated carbocycles. The van der Waals surface area contributed by atoms with Crippen LogP contribution < -0.4 is 4.90 Å². The van der Waals surface area contributed by atoms with Crippen LogP contribution in [0.25, 0.3) is 0 Å². The molecular weight excluding hydrogens is 316 g/mol. The number of anilines is 1. The molecule has 3 heteroatoms. The van der Waals surface area contributed by atoms with Crippen LogP contribution in [-0.4, -0.2) is 18.9 Å². The van der Waals surface area contributed by atoms with E-state index in [0.29, 0.717) is 0 Å². The van der Waals surface area contributed by atoms with Crippen molar-refractivity contribution in [2.24, 2.45) is 4.99 Å². The molecule has 0 radical (unpaired) electrons. The Labute approximate surface area is 152 Å². The first kappa shape index (κ1) is 18.5. The smallest absolute Gasteiger partial charge is 0.103 e. The summed E-state index contributed by atoms with van der Waals surface area (Å²) in [5.74, 6) is 1.27. The lowest BCUT2D eigenvalue weighted by Gasteiger charge is -2.27. The van der Waals surface area contributed by atoms with Crippen LogP contribution in [0.1, 0.15) is 37.7 Å². The van der Waals surface area contributed by atoms with Crippen LogP contribution in [-0.2, 0) is 6.42 Å². The number of hydrogen-bond donors (Lipinski definition) is 0. The predicted octanol–water partition coefficient (Wildman–Crippen LogP) is 5.52. The third kappa shape index (κ3) is 5.38. The van der Waals surface area contributed by atoms with Gasteiger partial charge in [0.1, 0.15) is 5.84 Å². The fraction of sp³-hybridized carbons (Fsp3) is 0.381. The largest absolute Gasteiger partial charge is 0.330 e. The summed E-state index contributed by atoms with van der Waals surface area (Å²) in [6.45, 7) is 1.97. The van der Waals surface area contributed by atoms with Gasteiger partial charge in [0.25, 0.3) is 0 Å². The summed E-state index contributed by atoms with van der Waals surface area (Å²) in [5, 5.41) is 0. The lowest BCUT2D eigenvalue weighted by atomic mass is 10.1. The molecule has 0 spiro atoms. The van der Waals surface area contributed by atoms with Crippen molar-refractivity contribution in [1.29, 1.82) is 0 Å². The monoisotopic (exact) mass is 342 g/mol. The molecule has 128 valence electrons. The first-order chi connectivity index (χ1) is 11.4. The second-order valence-corrected chi connectivity index (χ2v) is 6.18. The van der Waals surface area contributed by atoms with Crippen molar-refractivity contribution >= 4 is 23.9 Å². The van der Waals surface area contributed by atoms with Crippen molar-refractivity contribution in [2.75, 3.05) is 18.0 Å². The summed E-state index contributed by atoms with van der Waals surface area (Å²) >= 11 is 0. The lowest BCUT2D eigenvalue weighted by Crippen LogP contribution is -2.33. The highest BCUT2D eigenvalue weighted by atomic mass is 35.5. The molecule has 1 aliphatic heterocycles. The molecular formula is C21H27ClN2. The molecule has 1 heterocycles. The predicted molar refractivity (Wildman–Crippen MR) is 107 cm³/mol. The molecule has 2 nitrogen and oxygen atoms in total. The van der Waals surface area contributed by atoms with Crippen LogP contribution >= 0.6 is 12.4 Å². The van der Waals surface area contributed by atoms with E-state index >= 15 is 0 Å². The number of benzene rings is 2. The van der Waals surface area contributed by atoms with Gasteiger partial charge in [0.2, 0.25) is 0 Å². The molecule has 2 aromatic rings. The van der Waals surface area contributed by atoms with Gasteiger partial charge in [-0.15, -0.1) is 12.4 Å². The highest BCUT2D eigenvalue weighted by Crippen LogP contribution is 2.19. The average molecular weight is 343 g/mol. The van der Waals surface area contributed by atoms with Crippen LogP contribution in [0.2, 0.25) is 0 Å². The fourth-order valence-corrected chi connectivity index (χ4v) is 3.16. The molecule has 0 N–H and O–H groups in total. The molecule has 0 saturated heterocycles. The Morgan fingerprint density at radius 3 is 2.21 bits per heavy atom. The summed E-state index contributed by atoms with van der Waals surface area (Å²) in [4.78, 5) is 7.34. The fourth-order valence-electron chi connectivity index (χ4n) is 3.16. The SMILES string of the molecule is Cl.c1ccc(CCN(/C2=N/CCCCCC2)c2ccccc2)cc1. The van der Waals surface area contributed by atoms with E-state index in [1.54, 1.807) is 0 Å². The van der Waals surface area contributed by atoms with Crippen LogP contribution in [0.5, 0.6) is 0 Å². The summed E-state index contributed by atoms with van der Waals surface area (Å²) in [6, 6.07) is 21.5. The molecule has 0 aromatic heterocycles. The minimum absolute atomic E-state index is 0. The Bertz CT molecular complexity index is 610. The molecule has 0 bridgehead atoms. The molecule has 2 aromatic carbocycles. The maximum atomic E-state index is 4.91. The number of hydrogen-bond acceptors (Lipinski definition) is 2. The number of amidine groups is 1. The van der Waals surface area contributed by atoms with Crippen LogP contribution in [0, 0.1) is 0 Å². The first-order valence-electron chi connectivity index (χ1n) is 8.83. The van der Waals surface area contributed by atoms with Gasteiger partial charge in [-0.25, -0.2) is 0 Å². The molecule has 0 aliphatic carbocycles. The van der Waals surface area contributed by atoms with E-state index in [2.05, 4.69) is 65.6 Å². The van der Waals surface area contributed by atoms with E-state index in [4.69, 9.17) is 4.99 Å². The van der Waals surface area contributed by atoms with Crippen molar-refractivity contribution in [3.05, 3.63) is 66.2 Å². The molecule has 24 heavy (non-hydrogen) atoms. The number of nitrogens with zero attached hydrogens (tertiary/aromatic N) is 2. The van der Waals surface area contributed by atoms with E-state index in [-0.39, 0.29) is 12.4 Å². The van der Waals surface area contributed by atoms with E-state index in [0.717, 1.165) is 25.9 Å². The van der Waals surface area contributed by atoms with Gasteiger partial charge in [-0.3, -0.25) is 4.99 Å². The van der Waals surface area contributed by atoms with Gasteiger partial charge in [-0.05, 0) is 37.0 Å². The van der Waals surface area contributed by atoms with Gasteiger partial charge in [0.15, 0.2) is 0 Å². The summed E-state index contributed by atoms with van der Waals surface area (Å²) < 4.78 is 0. The molecule has 0 fully saturated rings. The van der Waals surface area contributed by atoms with Crippen LogP contribution in [0.15, 0.2) is 65.7 Å². The van der Waals surface area contributed by atoms with Gasteiger partial charge in [0.05, 0.1) is 0 Å². The topological polar surface area (TPSA) is 15.6 Å². The van der Waals surface area contributed by atoms with Crippen molar-refractivity contribution in [2.45, 2.75) is 38.5 Å². The molecule has 1 aliphatic rings. The second-order valence-electron chi connectivity index (χ2n) is 6.18. The normalized spacial score (nSPS) is 16.9. The number of halogens is 1. The highest BCUT2D eigenvalue weighted by molar-refractivity contribution is 5.97. The first-order valence-corrected chi connectivity index (χ1v) is 8.83. The van der Waals surface area contributed by atoms with Crippen LogP contribution in [0.3, 0.4) is 0 Å². The van der Waals surface area contributed by atoms with Gasteiger partial charge in [-0.1, -0.05) is 61.4 Å². The maximum absolute atomic E-state index is 4.91. The van der Waals surface area contributed by atoms with Gasteiger partial charge >= 0.3 is 0 Å². The van der Waals surface area contributed by atoms with E-state index < -0.39 is 0 Å². The Kier molecular flexibility index (Phi) is 7.84. The van der Waals surface area contributed by atoms with E-state index in [9.17, 15) is 0 Å². The minimum Gasteiger partial charge on any atom is -0.330 e. The van der Waals surface area contributed by atoms with Gasteiger partial charge < -0.3 is 4.90 Å². The average Bonchev–Trinajstić information content (AvgIpc) is 2.58. The third-order valence-electron chi connectivity index (χ3n) is 4.45. The quantitative estimate of drug-likeness (QED) is 0.714. The molecule has 3 rings (SSSR count). The van der Waals surface area contributed by atoms with Crippen LogP contribution in [0.4, 0.5) is 5.69 Å². The standard InChI is InChI=1S/C21H26N2.ClH/c1-2-10-17-22-21(15-9-1)23(20-13-7-4-8-14-20)18-16-19-11-5-3-6-12-19;/h3-8,11-14H,1-2,9-10,15-18H2;1H/b22-21+;. The summed E-state index contributed by atoms with van der Waals surface area (Å²) in [7, 11) is 0. The van der Waals surface area contributed by atoms with E-state index in [1.807, 2.05) is 0 Å². The Morgan fingerprint density at radius 2 is 1.46 bits per heavy atom. The van der Waals surface area contributed by atoms with Crippen molar-refractivity contribution in [1.82, 2.24) is 0 Å². The number of rotatable bonds is 4. The zero-order chi connectivity index (χ0) is 15.7. The van der Waals surface area contributed by atoms with E-state index in [1.165, 1.54) is 42.8 Å². The third-order valence-corrected chi connectivity index (χ3v) is 4.45. The summed E-state index contributed by atoms with van der Waals surface area (Å²) in [5.41, 5.74) is 2.66. The van der Waals surface area contributed by atoms with Gasteiger partial charge in [0, 0.05) is 25.2 Å². The van der Waals surface area contributed by atoms with Crippen molar-refractivity contribution in [3.63, 3.8) is 0 Å². The van der Waals surface area contributed by atoms with Crippen molar-refractivity contribution in [3.8, 4) is 0 Å². The van der Waals surface area contributed by atoms with Crippen molar-refractivity contribution < 1.29 is 0 Å². The Morgan fingerprint density at radius 1 is 0.792 bits per heavy atom. The number of aliphatic imine (C=N–C) groups is 1. The second kappa shape index (κ2) is 10.1. The zero-order valence-electron chi connectivity index (χ0n) is 14.2. The Balaban J connectivity index is 0.00000208. The lowest BCUT2D eigenvalue weighted by molar-refractivity contribution is 0.638. The zero-order valence-corrected chi connectivity index (χ0v) is 15.0. The highest BCUT2D eigenvalue weighted by Gasteiger charge is 2.14. The molecule has 0 atom stereocenters. The maximum Gasteiger partial charge on any atom is 0.103 e. The molecule has 0 unspecified atom stereocenters. The van der Waals surface area contributed by atoms with Gasteiger partial charge in [-0.2, -0.15) is 0 Å². The summed E-state index contributed by atoms with van der Waals surface area (Å²) in [6.07, 6.45) is 7.29. The minimum atomic E-state index is 0.